The van der Waals surface area contributed by atoms with Crippen LogP contribution in [-0.2, 0) is 14.6 Å². The number of nitrogens with two attached hydrogens (primary N) is 1. The number of unbranched alkanes of at least 4 members (excludes halogenated alkanes) is 1. The van der Waals surface area contributed by atoms with E-state index in [0.29, 0.717) is 6.42 Å². The largest absolute Gasteiger partial charge is 0.366 e. The smallest absolute Gasteiger partial charge is 0.242 e. The van der Waals surface area contributed by atoms with Crippen LogP contribution in [0.2, 0.25) is 0 Å². The van der Waals surface area contributed by atoms with E-state index in [2.05, 4.69) is 0 Å². The molecule has 0 saturated carbocycles. The summed E-state index contributed by atoms with van der Waals surface area (Å²) in [5, 5.41) is 0.866. The van der Waals surface area contributed by atoms with E-state index in [1.54, 1.807) is 0 Å². The lowest BCUT2D eigenvalue weighted by Gasteiger charge is -1.94. The molecule has 0 aliphatic carbocycles. The van der Waals surface area contributed by atoms with Gasteiger partial charge in [-0.25, -0.2) is 8.42 Å². The molecule has 70 valence electrons. The number of sulfone groups is 1. The van der Waals surface area contributed by atoms with Crippen LogP contribution in [0.4, 0.5) is 0 Å². The van der Waals surface area contributed by atoms with Crippen molar-refractivity contribution in [3.8, 4) is 0 Å². The van der Waals surface area contributed by atoms with Crippen LogP contribution in [0.3, 0.4) is 0 Å². The van der Waals surface area contributed by atoms with Crippen molar-refractivity contribution in [1.29, 1.82) is 0 Å². The van der Waals surface area contributed by atoms with Crippen LogP contribution < -0.4 is 5.73 Å². The van der Waals surface area contributed by atoms with Gasteiger partial charge in [-0.05, 0) is 6.42 Å². The highest BCUT2D eigenvalue weighted by Gasteiger charge is 2.04. The Bertz CT molecular complexity index is 266. The van der Waals surface area contributed by atoms with Crippen LogP contribution in [0.5, 0.6) is 0 Å². The molecule has 2 N–H and O–H groups in total. The molecule has 0 bridgehead atoms. The van der Waals surface area contributed by atoms with Gasteiger partial charge in [0.15, 0.2) is 9.84 Å². The van der Waals surface area contributed by atoms with E-state index in [1.807, 2.05) is 6.92 Å². The Morgan fingerprint density at radius 1 is 1.50 bits per heavy atom. The van der Waals surface area contributed by atoms with E-state index in [4.69, 9.17) is 5.73 Å². The summed E-state index contributed by atoms with van der Waals surface area (Å²) in [7, 11) is -3.22. The highest BCUT2D eigenvalue weighted by molar-refractivity contribution is 7.94. The zero-order valence-corrected chi connectivity index (χ0v) is 7.80. The molecule has 0 aliphatic rings. The van der Waals surface area contributed by atoms with Gasteiger partial charge in [-0.15, -0.1) is 0 Å². The van der Waals surface area contributed by atoms with E-state index in [1.165, 1.54) is 0 Å². The van der Waals surface area contributed by atoms with Crippen molar-refractivity contribution in [3.05, 3.63) is 11.5 Å². The molecule has 1 amide bonds. The number of carbonyl (C=O) groups is 1. The molecule has 0 spiro atoms. The van der Waals surface area contributed by atoms with Crippen LogP contribution in [0.25, 0.3) is 0 Å². The highest BCUT2D eigenvalue weighted by Crippen LogP contribution is 1.97. The number of hydrogen-bond acceptors (Lipinski definition) is 3. The third-order valence-electron chi connectivity index (χ3n) is 1.22. The molecule has 4 nitrogen and oxygen atoms in total. The van der Waals surface area contributed by atoms with Crippen LogP contribution >= 0.6 is 0 Å². The SMILES string of the molecule is CCCCS(=O)(=O)C=CC(N)=O. The van der Waals surface area contributed by atoms with Crippen molar-refractivity contribution in [2.24, 2.45) is 5.73 Å². The molecular weight excluding hydrogens is 178 g/mol. The molecule has 12 heavy (non-hydrogen) atoms. The summed E-state index contributed by atoms with van der Waals surface area (Å²) in [6.07, 6.45) is 2.28. The van der Waals surface area contributed by atoms with Crippen molar-refractivity contribution in [2.75, 3.05) is 5.75 Å². The molecule has 0 aliphatic heterocycles. The molecular formula is C7H13NO3S. The van der Waals surface area contributed by atoms with Crippen molar-refractivity contribution < 1.29 is 13.2 Å². The van der Waals surface area contributed by atoms with Gasteiger partial charge in [-0.3, -0.25) is 4.79 Å². The number of carbonyl (C=O) groups excluding carboxylic acids is 1. The van der Waals surface area contributed by atoms with Crippen LogP contribution in [0, 0.1) is 0 Å². The molecule has 0 atom stereocenters. The average molecular weight is 191 g/mol. The molecule has 0 saturated heterocycles. The summed E-state index contributed by atoms with van der Waals surface area (Å²) in [4.78, 5) is 10.2. The maximum absolute atomic E-state index is 11.0. The molecule has 0 unspecified atom stereocenters. The summed E-state index contributed by atoms with van der Waals surface area (Å²) >= 11 is 0. The zero-order valence-electron chi connectivity index (χ0n) is 6.99. The Morgan fingerprint density at radius 2 is 2.08 bits per heavy atom. The monoisotopic (exact) mass is 191 g/mol. The molecule has 5 heteroatoms. The van der Waals surface area contributed by atoms with Crippen molar-refractivity contribution >= 4 is 15.7 Å². The van der Waals surface area contributed by atoms with E-state index in [9.17, 15) is 13.2 Å². The summed E-state index contributed by atoms with van der Waals surface area (Å²) < 4.78 is 22.0. The molecule has 0 rings (SSSR count). The molecule has 0 radical (unpaired) electrons. The van der Waals surface area contributed by atoms with E-state index < -0.39 is 15.7 Å². The first kappa shape index (κ1) is 11.2. The maximum Gasteiger partial charge on any atom is 0.242 e. The Labute approximate surface area is 72.4 Å². The van der Waals surface area contributed by atoms with Gasteiger partial charge < -0.3 is 5.73 Å². The van der Waals surface area contributed by atoms with Gasteiger partial charge >= 0.3 is 0 Å². The fourth-order valence-corrected chi connectivity index (χ4v) is 1.75. The van der Waals surface area contributed by atoms with Gasteiger partial charge in [-0.1, -0.05) is 13.3 Å². The van der Waals surface area contributed by atoms with Crippen molar-refractivity contribution in [1.82, 2.24) is 0 Å². The fourth-order valence-electron chi connectivity index (χ4n) is 0.584. The Kier molecular flexibility index (Phi) is 4.58. The fraction of sp³-hybridized carbons (Fsp3) is 0.571. The second-order valence-corrected chi connectivity index (χ2v) is 4.43. The lowest BCUT2D eigenvalue weighted by atomic mass is 10.4. The topological polar surface area (TPSA) is 77.2 Å². The molecule has 0 heterocycles. The standard InChI is InChI=1S/C7H13NO3S/c1-2-3-5-12(10,11)6-4-7(8)9/h4,6H,2-3,5H2,1H3,(H2,8,9). The number of amides is 1. The Balaban J connectivity index is 4.14. The molecule has 0 aromatic heterocycles. The second kappa shape index (κ2) is 4.92. The Morgan fingerprint density at radius 3 is 2.50 bits per heavy atom. The zero-order chi connectivity index (χ0) is 9.61. The van der Waals surface area contributed by atoms with Crippen molar-refractivity contribution in [2.45, 2.75) is 19.8 Å². The predicted octanol–water partition coefficient (Wildman–Crippen LogP) is 0.200. The first-order chi connectivity index (χ1) is 5.48. The third-order valence-corrected chi connectivity index (χ3v) is 2.63. The van der Waals surface area contributed by atoms with Gasteiger partial charge in [0.05, 0.1) is 5.75 Å². The molecule has 0 fully saturated rings. The van der Waals surface area contributed by atoms with E-state index in [-0.39, 0.29) is 5.75 Å². The lowest BCUT2D eigenvalue weighted by molar-refractivity contribution is -0.113. The van der Waals surface area contributed by atoms with Crippen LogP contribution in [0.1, 0.15) is 19.8 Å². The summed E-state index contributed by atoms with van der Waals surface area (Å²) in [6.45, 7) is 1.90. The van der Waals surface area contributed by atoms with Gasteiger partial charge in [0.25, 0.3) is 0 Å². The van der Waals surface area contributed by atoms with Gasteiger partial charge in [-0.2, -0.15) is 0 Å². The Hall–Kier alpha value is -0.840. The molecule has 0 aromatic carbocycles. The highest BCUT2D eigenvalue weighted by atomic mass is 32.2. The minimum atomic E-state index is -3.22. The molecule has 0 aromatic rings. The third kappa shape index (κ3) is 5.91. The predicted molar refractivity (Wildman–Crippen MR) is 47.0 cm³/mol. The van der Waals surface area contributed by atoms with Gasteiger partial charge in [0.2, 0.25) is 5.91 Å². The first-order valence-electron chi connectivity index (χ1n) is 3.68. The second-order valence-electron chi connectivity index (χ2n) is 2.43. The van der Waals surface area contributed by atoms with Gasteiger partial charge in [0, 0.05) is 11.5 Å². The quantitative estimate of drug-likeness (QED) is 0.630. The van der Waals surface area contributed by atoms with Crippen molar-refractivity contribution in [3.63, 3.8) is 0 Å². The number of hydrogen-bond donors (Lipinski definition) is 1. The minimum Gasteiger partial charge on any atom is -0.366 e. The summed E-state index contributed by atoms with van der Waals surface area (Å²) in [5.74, 6) is -0.664. The number of rotatable bonds is 5. The van der Waals surface area contributed by atoms with Crippen LogP contribution in [0.15, 0.2) is 11.5 Å². The minimum absolute atomic E-state index is 0.0767. The first-order valence-corrected chi connectivity index (χ1v) is 5.40. The van der Waals surface area contributed by atoms with E-state index in [0.717, 1.165) is 17.9 Å². The summed E-state index contributed by atoms with van der Waals surface area (Å²) in [5.41, 5.74) is 4.74. The van der Waals surface area contributed by atoms with Crippen LogP contribution in [-0.4, -0.2) is 20.1 Å². The summed E-state index contributed by atoms with van der Waals surface area (Å²) in [6, 6.07) is 0. The number of primary amides is 1. The normalized spacial score (nSPS) is 12.1. The maximum atomic E-state index is 11.0. The van der Waals surface area contributed by atoms with Gasteiger partial charge in [0.1, 0.15) is 0 Å². The van der Waals surface area contributed by atoms with E-state index >= 15 is 0 Å². The lowest BCUT2D eigenvalue weighted by Crippen LogP contribution is -2.08. The average Bonchev–Trinajstić information content (AvgIpc) is 1.98.